The van der Waals surface area contributed by atoms with Crippen molar-refractivity contribution in [1.82, 2.24) is 0 Å². The van der Waals surface area contributed by atoms with Gasteiger partial charge in [0, 0.05) is 0 Å². The second kappa shape index (κ2) is 5.53. The van der Waals surface area contributed by atoms with E-state index in [0.717, 1.165) is 0 Å². The van der Waals surface area contributed by atoms with Gasteiger partial charge < -0.3 is 0 Å². The average Bonchev–Trinajstić information content (AvgIpc) is 2.87. The Labute approximate surface area is 99.0 Å². The van der Waals surface area contributed by atoms with Crippen LogP contribution in [0.15, 0.2) is 44.9 Å². The van der Waals surface area contributed by atoms with Crippen molar-refractivity contribution in [3.63, 3.8) is 0 Å². The van der Waals surface area contributed by atoms with Crippen molar-refractivity contribution >= 4 is 0 Å². The topological polar surface area (TPSA) is 0 Å². The van der Waals surface area contributed by atoms with Crippen LogP contribution in [0, 0.1) is 0 Å². The van der Waals surface area contributed by atoms with Gasteiger partial charge in [-0.15, -0.1) is 0 Å². The first-order chi connectivity index (χ1) is 7.40. The minimum atomic E-state index is 1.17. The van der Waals surface area contributed by atoms with Gasteiger partial charge in [0.05, 0.1) is 0 Å². The quantitative estimate of drug-likeness (QED) is 0.630. The maximum absolute atomic E-state index is 2.34. The van der Waals surface area contributed by atoms with Crippen LogP contribution in [0.2, 0.25) is 0 Å². The molecular weight excluding hydrogens is 224 g/mol. The molecular formula is C14H18Fe. The zero-order valence-corrected chi connectivity index (χ0v) is 10.4. The molecule has 0 spiro atoms. The van der Waals surface area contributed by atoms with E-state index in [9.17, 15) is 0 Å². The van der Waals surface area contributed by atoms with Crippen molar-refractivity contribution in [2.45, 2.75) is 39.0 Å². The molecule has 0 radical (unpaired) electrons. The Morgan fingerprint density at radius 3 is 2.93 bits per heavy atom. The summed E-state index contributed by atoms with van der Waals surface area (Å²) < 4.78 is 3.25. The van der Waals surface area contributed by atoms with E-state index in [1.807, 2.05) is 0 Å². The number of rotatable bonds is 5. The third-order valence-electron chi connectivity index (χ3n) is 2.69. The first kappa shape index (κ1) is 11.0. The molecule has 0 aliphatic heterocycles. The summed E-state index contributed by atoms with van der Waals surface area (Å²) in [6.07, 6.45) is 17.7. The summed E-state index contributed by atoms with van der Waals surface area (Å²) in [6, 6.07) is 0. The van der Waals surface area contributed by atoms with Crippen LogP contribution in [0.25, 0.3) is 0 Å². The molecule has 82 valence electrons. The third kappa shape index (κ3) is 2.96. The molecule has 0 atom stereocenters. The summed E-state index contributed by atoms with van der Waals surface area (Å²) in [4.78, 5) is 0. The zero-order valence-electron chi connectivity index (χ0n) is 9.28. The van der Waals surface area contributed by atoms with Gasteiger partial charge in [-0.2, -0.15) is 0 Å². The van der Waals surface area contributed by atoms with Gasteiger partial charge in [0.15, 0.2) is 0 Å². The molecule has 0 heterocycles. The second-order valence-corrected chi connectivity index (χ2v) is 5.60. The fourth-order valence-electron chi connectivity index (χ4n) is 1.82. The molecule has 2 rings (SSSR count). The molecule has 2 aliphatic rings. The predicted molar refractivity (Wildman–Crippen MR) is 62.1 cm³/mol. The van der Waals surface area contributed by atoms with E-state index in [0.29, 0.717) is 0 Å². The first-order valence-electron chi connectivity index (χ1n) is 5.77. The first-order valence-corrected chi connectivity index (χ1v) is 6.87. The molecule has 0 saturated carbocycles. The molecule has 0 fully saturated rings. The van der Waals surface area contributed by atoms with Gasteiger partial charge in [0.1, 0.15) is 0 Å². The van der Waals surface area contributed by atoms with Crippen molar-refractivity contribution in [2.24, 2.45) is 0 Å². The summed E-state index contributed by atoms with van der Waals surface area (Å²) in [5.74, 6) is 0. The van der Waals surface area contributed by atoms with E-state index < -0.39 is 0 Å². The molecule has 0 aromatic rings. The molecule has 15 heavy (non-hydrogen) atoms. The number of hydrogen-bond acceptors (Lipinski definition) is 0. The summed E-state index contributed by atoms with van der Waals surface area (Å²) in [5, 5.41) is 0. The van der Waals surface area contributed by atoms with Gasteiger partial charge in [-0.25, -0.2) is 0 Å². The van der Waals surface area contributed by atoms with E-state index in [1.165, 1.54) is 47.1 Å². The summed E-state index contributed by atoms with van der Waals surface area (Å²) >= 11 is 1.21. The number of hydrogen-bond donors (Lipinski definition) is 0. The monoisotopic (exact) mass is 242 g/mol. The van der Waals surface area contributed by atoms with Gasteiger partial charge in [-0.1, -0.05) is 0 Å². The third-order valence-corrected chi connectivity index (χ3v) is 4.37. The Morgan fingerprint density at radius 1 is 1.27 bits per heavy atom. The zero-order chi connectivity index (χ0) is 10.5. The Balaban J connectivity index is 1.94. The molecule has 2 aliphatic carbocycles. The molecule has 0 unspecified atom stereocenters. The van der Waals surface area contributed by atoms with Crippen LogP contribution in [-0.2, 0) is 15.0 Å². The SMILES string of the molecule is CCCCC1=[C]([Fe][C]2=CC=CC2)CC=C1. The molecule has 0 N–H and O–H groups in total. The van der Waals surface area contributed by atoms with Crippen molar-refractivity contribution in [1.29, 1.82) is 0 Å². The van der Waals surface area contributed by atoms with Crippen LogP contribution in [0.5, 0.6) is 0 Å². The van der Waals surface area contributed by atoms with E-state index in [2.05, 4.69) is 37.3 Å². The minimum absolute atomic E-state index is 1.17. The maximum atomic E-state index is 2.34. The molecule has 0 aromatic heterocycles. The molecule has 0 saturated heterocycles. The molecule has 1 heteroatoms. The fraction of sp³-hybridized carbons (Fsp3) is 0.429. The van der Waals surface area contributed by atoms with Gasteiger partial charge >= 0.3 is 98.9 Å². The van der Waals surface area contributed by atoms with Crippen molar-refractivity contribution < 1.29 is 15.0 Å². The van der Waals surface area contributed by atoms with E-state index in [1.54, 1.807) is 14.5 Å². The van der Waals surface area contributed by atoms with Gasteiger partial charge in [-0.05, 0) is 0 Å². The second-order valence-electron chi connectivity index (χ2n) is 3.94. The van der Waals surface area contributed by atoms with Crippen LogP contribution < -0.4 is 0 Å². The van der Waals surface area contributed by atoms with Crippen molar-refractivity contribution in [2.75, 3.05) is 0 Å². The fourth-order valence-corrected chi connectivity index (χ4v) is 3.33. The molecule has 0 aromatic carbocycles. The van der Waals surface area contributed by atoms with Crippen molar-refractivity contribution in [3.8, 4) is 0 Å². The van der Waals surface area contributed by atoms with E-state index >= 15 is 0 Å². The number of unbranched alkanes of at least 4 members (excludes halogenated alkanes) is 1. The Morgan fingerprint density at radius 2 is 2.20 bits per heavy atom. The molecule has 0 amide bonds. The van der Waals surface area contributed by atoms with E-state index in [-0.39, 0.29) is 0 Å². The normalized spacial score (nSPS) is 19.4. The Hall–Kier alpha value is -0.521. The summed E-state index contributed by atoms with van der Waals surface area (Å²) in [5.41, 5.74) is 1.62. The summed E-state index contributed by atoms with van der Waals surface area (Å²) in [7, 11) is 0. The van der Waals surface area contributed by atoms with Gasteiger partial charge in [0.2, 0.25) is 0 Å². The molecule has 0 bridgehead atoms. The van der Waals surface area contributed by atoms with Gasteiger partial charge in [-0.3, -0.25) is 0 Å². The van der Waals surface area contributed by atoms with Crippen LogP contribution in [0.3, 0.4) is 0 Å². The Kier molecular flexibility index (Phi) is 4.05. The van der Waals surface area contributed by atoms with Crippen LogP contribution in [0.1, 0.15) is 39.0 Å². The summed E-state index contributed by atoms with van der Waals surface area (Å²) in [6.45, 7) is 2.27. The average molecular weight is 242 g/mol. The van der Waals surface area contributed by atoms with Crippen LogP contribution in [-0.4, -0.2) is 0 Å². The van der Waals surface area contributed by atoms with Crippen LogP contribution in [0.4, 0.5) is 0 Å². The van der Waals surface area contributed by atoms with E-state index in [4.69, 9.17) is 0 Å². The Bertz CT molecular complexity index is 342. The number of allylic oxidation sites excluding steroid dienone is 8. The van der Waals surface area contributed by atoms with Crippen LogP contribution >= 0.6 is 0 Å². The van der Waals surface area contributed by atoms with Crippen molar-refractivity contribution in [3.05, 3.63) is 44.9 Å². The predicted octanol–water partition coefficient (Wildman–Crippen LogP) is 4.32. The standard InChI is InChI=1S/C9H13.C5H5.Fe/c1-2-3-6-9-7-4-5-8-9;1-2-4-5-3-1;/h4,7H,2-3,5-6H2,1H3;1-3H,4H2;. The molecule has 0 nitrogen and oxygen atoms in total. The van der Waals surface area contributed by atoms with Gasteiger partial charge in [0.25, 0.3) is 0 Å².